The average Bonchev–Trinajstić information content (AvgIpc) is 3.77. The van der Waals surface area contributed by atoms with E-state index in [0.717, 1.165) is 30.4 Å². The van der Waals surface area contributed by atoms with Crippen LogP contribution in [0.1, 0.15) is 48.2 Å². The fourth-order valence-corrected chi connectivity index (χ4v) is 7.12. The number of nitrogens with one attached hydrogen (secondary N) is 4. The van der Waals surface area contributed by atoms with Gasteiger partial charge < -0.3 is 41.5 Å². The Hall–Kier alpha value is -3.95. The molecule has 13 nitrogen and oxygen atoms in total. The van der Waals surface area contributed by atoms with Crippen molar-refractivity contribution in [2.75, 3.05) is 70.5 Å². The Labute approximate surface area is 299 Å². The molecule has 1 saturated carbocycles. The van der Waals surface area contributed by atoms with Gasteiger partial charge in [-0.3, -0.25) is 19.3 Å². The second-order valence-electron chi connectivity index (χ2n) is 13.7. The normalized spacial score (nSPS) is 22.7. The number of nitrogens with two attached hydrogens (primary N) is 1. The molecule has 0 spiro atoms. The summed E-state index contributed by atoms with van der Waals surface area (Å²) in [5.41, 5.74) is 7.95. The molecule has 1 saturated heterocycles. The van der Waals surface area contributed by atoms with Gasteiger partial charge in [0.1, 0.15) is 29.8 Å². The van der Waals surface area contributed by atoms with Crippen LogP contribution in [0.15, 0.2) is 42.6 Å². The first-order valence-electron chi connectivity index (χ1n) is 17.2. The summed E-state index contributed by atoms with van der Waals surface area (Å²) in [7, 11) is 3.88. The quantitative estimate of drug-likeness (QED) is 0.134. The third-order valence-corrected chi connectivity index (χ3v) is 9.82. The lowest BCUT2D eigenvalue weighted by molar-refractivity contribution is -0.122. The van der Waals surface area contributed by atoms with Crippen molar-refractivity contribution in [3.8, 4) is 0 Å². The summed E-state index contributed by atoms with van der Waals surface area (Å²) in [5, 5.41) is 12.8. The molecule has 1 aliphatic heterocycles. The van der Waals surface area contributed by atoms with Crippen LogP contribution in [0.4, 0.5) is 11.4 Å². The first-order valence-corrected chi connectivity index (χ1v) is 17.6. The number of aldehydes is 2. The van der Waals surface area contributed by atoms with Crippen molar-refractivity contribution in [1.29, 1.82) is 0 Å². The van der Waals surface area contributed by atoms with Crippen molar-refractivity contribution in [1.82, 2.24) is 25.4 Å². The number of amides is 1. The van der Waals surface area contributed by atoms with Gasteiger partial charge in [-0.2, -0.15) is 0 Å². The number of aromatic nitrogens is 1. The van der Waals surface area contributed by atoms with E-state index in [9.17, 15) is 24.0 Å². The molecule has 0 bridgehead atoms. The van der Waals surface area contributed by atoms with E-state index >= 15 is 0 Å². The third kappa shape index (κ3) is 11.6. The molecule has 1 aromatic heterocycles. The Kier molecular flexibility index (Phi) is 14.7. The van der Waals surface area contributed by atoms with E-state index in [2.05, 4.69) is 31.2 Å². The highest BCUT2D eigenvalue weighted by Crippen LogP contribution is 2.55. The van der Waals surface area contributed by atoms with Gasteiger partial charge in [0.05, 0.1) is 31.5 Å². The Morgan fingerprint density at radius 1 is 1.10 bits per heavy atom. The van der Waals surface area contributed by atoms with Crippen LogP contribution in [0.2, 0.25) is 0 Å². The van der Waals surface area contributed by atoms with Gasteiger partial charge in [0, 0.05) is 49.5 Å². The van der Waals surface area contributed by atoms with Crippen molar-refractivity contribution in [3.63, 3.8) is 0 Å². The van der Waals surface area contributed by atoms with E-state index < -0.39 is 5.41 Å². The third-order valence-electron chi connectivity index (χ3n) is 9.61. The highest BCUT2D eigenvalue weighted by atomic mass is 32.1. The van der Waals surface area contributed by atoms with Crippen LogP contribution < -0.4 is 27.0 Å². The average molecular weight is 707 g/mol. The SMILES string of the molecule is CN(C)CCNC(=O)c1ccc(NC(=S)Nc2ccc(CC3CNCC(=O)C[C@]4(CC(=O)CN)C[C@H]4N(CC=O)CCC3CC=O)cc2)cn1. The van der Waals surface area contributed by atoms with Gasteiger partial charge in [-0.15, -0.1) is 0 Å². The molecule has 1 aromatic carbocycles. The van der Waals surface area contributed by atoms with Crippen molar-refractivity contribution in [2.24, 2.45) is 23.0 Å². The summed E-state index contributed by atoms with van der Waals surface area (Å²) in [6.45, 7) is 2.74. The fraction of sp³-hybridized carbons (Fsp3) is 0.528. The summed E-state index contributed by atoms with van der Waals surface area (Å²) < 4.78 is 0. The minimum absolute atomic E-state index is 0.0289. The van der Waals surface area contributed by atoms with Crippen molar-refractivity contribution < 1.29 is 24.0 Å². The Balaban J connectivity index is 1.36. The number of anilines is 2. The van der Waals surface area contributed by atoms with Crippen LogP contribution in [0.3, 0.4) is 0 Å². The molecule has 2 fully saturated rings. The van der Waals surface area contributed by atoms with Crippen LogP contribution in [0.5, 0.6) is 0 Å². The largest absolute Gasteiger partial charge is 0.349 e. The minimum Gasteiger partial charge on any atom is -0.349 e. The zero-order chi connectivity index (χ0) is 36.1. The van der Waals surface area contributed by atoms with Crippen LogP contribution in [0.25, 0.3) is 0 Å². The molecular weight excluding hydrogens is 657 g/mol. The first kappa shape index (κ1) is 38.8. The maximum absolute atomic E-state index is 13.1. The number of rotatable bonds is 15. The van der Waals surface area contributed by atoms with Gasteiger partial charge in [-0.1, -0.05) is 12.1 Å². The molecular formula is C36H50N8O5S. The number of benzene rings is 1. The predicted molar refractivity (Wildman–Crippen MR) is 197 cm³/mol. The number of thiocarbonyl (C=S) groups is 1. The van der Waals surface area contributed by atoms with Crippen molar-refractivity contribution >= 4 is 58.8 Å². The second kappa shape index (κ2) is 18.9. The number of carbonyl (C=O) groups excluding carboxylic acids is 5. The van der Waals surface area contributed by atoms with E-state index in [1.54, 1.807) is 18.3 Å². The van der Waals surface area contributed by atoms with Crippen molar-refractivity contribution in [2.45, 2.75) is 44.6 Å². The van der Waals surface area contributed by atoms with Gasteiger partial charge in [-0.05, 0) is 100 Å². The zero-order valence-corrected chi connectivity index (χ0v) is 29.8. The smallest absolute Gasteiger partial charge is 0.269 e. The number of likely N-dealkylation sites (N-methyl/N-ethyl adjacent to an activating group) is 1. The van der Waals surface area contributed by atoms with Crippen molar-refractivity contribution in [3.05, 3.63) is 53.9 Å². The molecule has 2 unspecified atom stereocenters. The van der Waals surface area contributed by atoms with E-state index in [1.165, 1.54) is 0 Å². The number of fused-ring (bicyclic) bond motifs is 1. The number of hydrogen-bond donors (Lipinski definition) is 5. The molecule has 4 rings (SSSR count). The van der Waals surface area contributed by atoms with Gasteiger partial charge in [0.15, 0.2) is 5.11 Å². The summed E-state index contributed by atoms with van der Waals surface area (Å²) in [5.74, 6) is -0.186. The molecule has 2 aliphatic rings. The molecule has 6 N–H and O–H groups in total. The highest BCUT2D eigenvalue weighted by Gasteiger charge is 2.58. The Morgan fingerprint density at radius 3 is 2.50 bits per heavy atom. The van der Waals surface area contributed by atoms with Crippen LogP contribution >= 0.6 is 12.2 Å². The lowest BCUT2D eigenvalue weighted by Crippen LogP contribution is -2.40. The zero-order valence-electron chi connectivity index (χ0n) is 29.0. The van der Waals surface area contributed by atoms with Gasteiger partial charge in [-0.25, -0.2) is 4.98 Å². The Bertz CT molecular complexity index is 1490. The van der Waals surface area contributed by atoms with E-state index in [1.807, 2.05) is 43.3 Å². The van der Waals surface area contributed by atoms with Crippen LogP contribution in [0, 0.1) is 17.3 Å². The van der Waals surface area contributed by atoms with Gasteiger partial charge >= 0.3 is 0 Å². The molecule has 14 heteroatoms. The second-order valence-corrected chi connectivity index (χ2v) is 14.1. The molecule has 2 aromatic rings. The maximum Gasteiger partial charge on any atom is 0.269 e. The lowest BCUT2D eigenvalue weighted by Gasteiger charge is -2.31. The monoisotopic (exact) mass is 706 g/mol. The number of hydrogen-bond acceptors (Lipinski definition) is 11. The molecule has 4 atom stereocenters. The number of pyridine rings is 1. The predicted octanol–water partition coefficient (Wildman–Crippen LogP) is 1.68. The first-order chi connectivity index (χ1) is 24.0. The summed E-state index contributed by atoms with van der Waals surface area (Å²) in [4.78, 5) is 69.5. The maximum atomic E-state index is 13.1. The van der Waals surface area contributed by atoms with Crippen LogP contribution in [-0.4, -0.2) is 116 Å². The van der Waals surface area contributed by atoms with Crippen LogP contribution in [-0.2, 0) is 25.6 Å². The molecule has 270 valence electrons. The van der Waals surface area contributed by atoms with E-state index in [0.29, 0.717) is 61.8 Å². The fourth-order valence-electron chi connectivity index (χ4n) is 6.88. The van der Waals surface area contributed by atoms with E-state index in [4.69, 9.17) is 18.0 Å². The summed E-state index contributed by atoms with van der Waals surface area (Å²) in [6, 6.07) is 11.2. The number of ketones is 2. The summed E-state index contributed by atoms with van der Waals surface area (Å²) >= 11 is 5.50. The molecule has 1 amide bonds. The highest BCUT2D eigenvalue weighted by molar-refractivity contribution is 7.80. The lowest BCUT2D eigenvalue weighted by atomic mass is 9.82. The van der Waals surface area contributed by atoms with E-state index in [-0.39, 0.29) is 67.8 Å². The Morgan fingerprint density at radius 2 is 1.84 bits per heavy atom. The van der Waals surface area contributed by atoms with Gasteiger partial charge in [0.25, 0.3) is 5.91 Å². The molecule has 0 radical (unpaired) electrons. The van der Waals surface area contributed by atoms with Gasteiger partial charge in [0.2, 0.25) is 0 Å². The number of Topliss-reactive ketones (excluding diaryl/α,β-unsaturated/α-hetero) is 2. The number of carbonyl (C=O) groups is 5. The molecule has 50 heavy (non-hydrogen) atoms. The molecule has 1 aliphatic carbocycles. The standard InChI is InChI=1S/C36H50N8O5S/c1-43(2)13-11-39-34(49)32-8-7-29(23-40-32)42-35(50)41-28-5-3-25(4-6-28)17-27-22-38-24-31(48)19-36(18-30(47)21-37)20-33(36)44(14-16-46)12-9-26(27)10-15-45/h3-8,15-16,23,26-27,33,38H,9-14,17-22,24,37H2,1-2H3,(H,39,49)(H2,41,42,50)/t26?,27?,33-,36-/m1/s1. The summed E-state index contributed by atoms with van der Waals surface area (Å²) in [6.07, 6.45) is 6.33. The molecule has 2 heterocycles. The topological polar surface area (TPSA) is 179 Å². The minimum atomic E-state index is -0.476. The number of nitrogens with zero attached hydrogens (tertiary/aromatic N) is 3.